The molecule has 1 amide bonds. The summed E-state index contributed by atoms with van der Waals surface area (Å²) >= 11 is 0. The first kappa shape index (κ1) is 16.4. The fourth-order valence-electron chi connectivity index (χ4n) is 3.12. The minimum Gasteiger partial charge on any atom is -0.323 e. The van der Waals surface area contributed by atoms with Crippen molar-refractivity contribution in [2.24, 2.45) is 0 Å². The topological polar surface area (TPSA) is 78.9 Å². The van der Waals surface area contributed by atoms with Crippen LogP contribution in [-0.4, -0.2) is 22.2 Å². The number of carbonyl (C=O) groups excluding carboxylic acids is 1. The molecule has 0 aliphatic carbocycles. The summed E-state index contributed by atoms with van der Waals surface area (Å²) in [6.07, 6.45) is -0.242. The van der Waals surface area contributed by atoms with E-state index in [2.05, 4.69) is 25.9 Å². The molecule has 0 spiro atoms. The number of halogens is 1. The second-order valence-corrected chi connectivity index (χ2v) is 6.27. The molecule has 2 aromatic carbocycles. The number of aromatic nitrogens is 2. The van der Waals surface area contributed by atoms with Gasteiger partial charge in [-0.25, -0.2) is 14.4 Å². The first-order valence-corrected chi connectivity index (χ1v) is 8.39. The highest BCUT2D eigenvalue weighted by Gasteiger charge is 2.27. The van der Waals surface area contributed by atoms with E-state index < -0.39 is 6.29 Å². The number of aryl methyl sites for hydroxylation is 1. The SMILES string of the molecule is Cc1nc(NC2NC(=O)CC(c3ccc(F)cc3)N2)nc2ccccc12. The lowest BCUT2D eigenvalue weighted by Gasteiger charge is -2.32. The fourth-order valence-corrected chi connectivity index (χ4v) is 3.12. The van der Waals surface area contributed by atoms with E-state index in [9.17, 15) is 9.18 Å². The molecule has 3 N–H and O–H groups in total. The van der Waals surface area contributed by atoms with E-state index in [1.165, 1.54) is 12.1 Å². The van der Waals surface area contributed by atoms with Crippen LogP contribution in [0.3, 0.4) is 0 Å². The van der Waals surface area contributed by atoms with Crippen LogP contribution in [0, 0.1) is 12.7 Å². The van der Waals surface area contributed by atoms with Crippen LogP contribution in [0.15, 0.2) is 48.5 Å². The molecule has 2 unspecified atom stereocenters. The number of para-hydroxylation sites is 1. The molecule has 2 heterocycles. The van der Waals surface area contributed by atoms with Crippen LogP contribution >= 0.6 is 0 Å². The van der Waals surface area contributed by atoms with Gasteiger partial charge in [0.25, 0.3) is 0 Å². The van der Waals surface area contributed by atoms with Gasteiger partial charge >= 0.3 is 0 Å². The van der Waals surface area contributed by atoms with Crippen molar-refractivity contribution in [2.75, 3.05) is 5.32 Å². The Hall–Kier alpha value is -3.06. The molecule has 0 radical (unpaired) electrons. The molecule has 3 aromatic rings. The van der Waals surface area contributed by atoms with E-state index in [1.807, 2.05) is 31.2 Å². The Bertz CT molecular complexity index is 960. The van der Waals surface area contributed by atoms with E-state index in [0.717, 1.165) is 22.2 Å². The maximum atomic E-state index is 13.1. The Labute approximate surface area is 149 Å². The molecule has 0 saturated carbocycles. The summed E-state index contributed by atoms with van der Waals surface area (Å²) in [7, 11) is 0. The van der Waals surface area contributed by atoms with Crippen molar-refractivity contribution >= 4 is 22.8 Å². The van der Waals surface area contributed by atoms with E-state index in [0.29, 0.717) is 5.95 Å². The summed E-state index contributed by atoms with van der Waals surface area (Å²) in [5.74, 6) is 0.0237. The van der Waals surface area contributed by atoms with Crippen LogP contribution in [-0.2, 0) is 4.79 Å². The van der Waals surface area contributed by atoms with Crippen LogP contribution in [0.1, 0.15) is 23.7 Å². The molecule has 132 valence electrons. The Morgan fingerprint density at radius 2 is 1.88 bits per heavy atom. The Kier molecular flexibility index (Phi) is 4.22. The van der Waals surface area contributed by atoms with Gasteiger partial charge in [-0.05, 0) is 30.7 Å². The molecule has 4 rings (SSSR count). The summed E-state index contributed by atoms with van der Waals surface area (Å²) in [5.41, 5.74) is 2.54. The van der Waals surface area contributed by atoms with Gasteiger partial charge in [-0.1, -0.05) is 30.3 Å². The van der Waals surface area contributed by atoms with Gasteiger partial charge in [0.05, 0.1) is 11.2 Å². The van der Waals surface area contributed by atoms with Gasteiger partial charge in [-0.15, -0.1) is 0 Å². The number of carbonyl (C=O) groups is 1. The summed E-state index contributed by atoms with van der Waals surface area (Å²) < 4.78 is 13.1. The summed E-state index contributed by atoms with van der Waals surface area (Å²) in [4.78, 5) is 21.1. The number of hydrogen-bond donors (Lipinski definition) is 3. The maximum absolute atomic E-state index is 13.1. The standard InChI is InChI=1S/C19H18FN5O/c1-11-14-4-2-3-5-15(14)22-18(21-11)25-19-23-16(10-17(26)24-19)12-6-8-13(20)9-7-12/h2-9,16,19,23H,10H2,1H3,(H,24,26)(H,21,22,25). The first-order chi connectivity index (χ1) is 12.6. The number of benzene rings is 2. The molecule has 1 aliphatic rings. The third-order valence-corrected chi connectivity index (χ3v) is 4.40. The van der Waals surface area contributed by atoms with Gasteiger partial charge in [0.15, 0.2) is 6.29 Å². The van der Waals surface area contributed by atoms with Crippen molar-refractivity contribution in [1.29, 1.82) is 0 Å². The quantitative estimate of drug-likeness (QED) is 0.676. The molecule has 2 atom stereocenters. The summed E-state index contributed by atoms with van der Waals surface area (Å²) in [5, 5.41) is 10.2. The van der Waals surface area contributed by atoms with Crippen molar-refractivity contribution in [3.63, 3.8) is 0 Å². The molecule has 0 bridgehead atoms. The van der Waals surface area contributed by atoms with Crippen LogP contribution in [0.2, 0.25) is 0 Å². The van der Waals surface area contributed by atoms with Gasteiger partial charge in [-0.3, -0.25) is 10.1 Å². The monoisotopic (exact) mass is 351 g/mol. The molecule has 7 heteroatoms. The van der Waals surface area contributed by atoms with Crippen molar-refractivity contribution in [3.8, 4) is 0 Å². The molecular weight excluding hydrogens is 333 g/mol. The van der Waals surface area contributed by atoms with Gasteiger partial charge in [0.2, 0.25) is 11.9 Å². The number of nitrogens with zero attached hydrogens (tertiary/aromatic N) is 2. The third-order valence-electron chi connectivity index (χ3n) is 4.40. The highest BCUT2D eigenvalue weighted by molar-refractivity contribution is 5.82. The zero-order valence-electron chi connectivity index (χ0n) is 14.2. The lowest BCUT2D eigenvalue weighted by Crippen LogP contribution is -2.56. The van der Waals surface area contributed by atoms with Crippen LogP contribution in [0.4, 0.5) is 10.3 Å². The number of anilines is 1. The van der Waals surface area contributed by atoms with E-state index in [1.54, 1.807) is 12.1 Å². The summed E-state index contributed by atoms with van der Waals surface area (Å²) in [6.45, 7) is 1.92. The van der Waals surface area contributed by atoms with Crippen molar-refractivity contribution in [1.82, 2.24) is 20.6 Å². The Morgan fingerprint density at radius 1 is 1.12 bits per heavy atom. The van der Waals surface area contributed by atoms with Gasteiger partial charge in [-0.2, -0.15) is 0 Å². The average molecular weight is 351 g/mol. The molecule has 1 fully saturated rings. The highest BCUT2D eigenvalue weighted by atomic mass is 19.1. The smallest absolute Gasteiger partial charge is 0.226 e. The molecule has 1 aromatic heterocycles. The minimum atomic E-state index is -0.521. The van der Waals surface area contributed by atoms with Crippen LogP contribution in [0.25, 0.3) is 10.9 Å². The second-order valence-electron chi connectivity index (χ2n) is 6.27. The number of rotatable bonds is 3. The highest BCUT2D eigenvalue weighted by Crippen LogP contribution is 2.21. The maximum Gasteiger partial charge on any atom is 0.226 e. The van der Waals surface area contributed by atoms with Crippen molar-refractivity contribution in [3.05, 3.63) is 65.6 Å². The van der Waals surface area contributed by atoms with E-state index in [4.69, 9.17) is 0 Å². The predicted octanol–water partition coefficient (Wildman–Crippen LogP) is 2.62. The molecule has 6 nitrogen and oxygen atoms in total. The zero-order chi connectivity index (χ0) is 18.1. The van der Waals surface area contributed by atoms with E-state index >= 15 is 0 Å². The van der Waals surface area contributed by atoms with E-state index in [-0.39, 0.29) is 24.2 Å². The Balaban J connectivity index is 1.56. The molecule has 1 saturated heterocycles. The number of nitrogens with one attached hydrogen (secondary N) is 3. The lowest BCUT2D eigenvalue weighted by molar-refractivity contribution is -0.124. The normalized spacial score (nSPS) is 20.0. The predicted molar refractivity (Wildman–Crippen MR) is 96.7 cm³/mol. The molecular formula is C19H18FN5O. The average Bonchev–Trinajstić information content (AvgIpc) is 2.62. The third kappa shape index (κ3) is 3.34. The number of hydrogen-bond acceptors (Lipinski definition) is 5. The molecule has 26 heavy (non-hydrogen) atoms. The van der Waals surface area contributed by atoms with Crippen molar-refractivity contribution in [2.45, 2.75) is 25.7 Å². The van der Waals surface area contributed by atoms with Gasteiger partial charge in [0, 0.05) is 17.8 Å². The zero-order valence-corrected chi connectivity index (χ0v) is 14.2. The first-order valence-electron chi connectivity index (χ1n) is 8.39. The fraction of sp³-hybridized carbons (Fsp3) is 0.211. The minimum absolute atomic E-state index is 0.104. The van der Waals surface area contributed by atoms with Crippen molar-refractivity contribution < 1.29 is 9.18 Å². The summed E-state index contributed by atoms with van der Waals surface area (Å²) in [6, 6.07) is 13.7. The van der Waals surface area contributed by atoms with Gasteiger partial charge < -0.3 is 10.6 Å². The van der Waals surface area contributed by atoms with Crippen LogP contribution < -0.4 is 16.0 Å². The largest absolute Gasteiger partial charge is 0.323 e. The second kappa shape index (κ2) is 6.68. The van der Waals surface area contributed by atoms with Gasteiger partial charge in [0.1, 0.15) is 5.82 Å². The Morgan fingerprint density at radius 3 is 2.69 bits per heavy atom. The van der Waals surface area contributed by atoms with Crippen LogP contribution in [0.5, 0.6) is 0 Å². The number of amides is 1. The molecule has 1 aliphatic heterocycles. The number of fused-ring (bicyclic) bond motifs is 1. The lowest BCUT2D eigenvalue weighted by atomic mass is 10.0.